The van der Waals surface area contributed by atoms with Gasteiger partial charge < -0.3 is 10.4 Å². The second-order valence-corrected chi connectivity index (χ2v) is 7.11. The van der Waals surface area contributed by atoms with Gasteiger partial charge in [0.05, 0.1) is 17.1 Å². The molecule has 24 heavy (non-hydrogen) atoms. The summed E-state index contributed by atoms with van der Waals surface area (Å²) in [5.41, 5.74) is 2.23. The van der Waals surface area contributed by atoms with Crippen LogP contribution >= 0.6 is 0 Å². The average Bonchev–Trinajstić information content (AvgIpc) is 2.98. The quantitative estimate of drug-likeness (QED) is 0.903. The van der Waals surface area contributed by atoms with Gasteiger partial charge in [-0.1, -0.05) is 0 Å². The maximum absolute atomic E-state index is 12.8. The standard InChI is InChI=1S/C18H26N4O2/c1-11(2)22-17-16(9-19-22)15(8-12(3)20-17)18(24)21-14-6-4-13(10-23)5-7-14/h8-9,11,13-14,23H,4-7,10H2,1-3H3,(H,21,24). The number of carbonyl (C=O) groups excluding carboxylic acids is 1. The summed E-state index contributed by atoms with van der Waals surface area (Å²) in [6.07, 6.45) is 5.53. The molecule has 6 nitrogen and oxygen atoms in total. The van der Waals surface area contributed by atoms with Gasteiger partial charge >= 0.3 is 0 Å². The second kappa shape index (κ2) is 6.89. The fourth-order valence-corrected chi connectivity index (χ4v) is 3.46. The number of carbonyl (C=O) groups is 1. The van der Waals surface area contributed by atoms with E-state index < -0.39 is 0 Å². The van der Waals surface area contributed by atoms with Crippen molar-refractivity contribution in [2.24, 2.45) is 5.92 Å². The molecule has 2 aromatic rings. The Kier molecular flexibility index (Phi) is 4.85. The van der Waals surface area contributed by atoms with Crippen LogP contribution < -0.4 is 5.32 Å². The number of hydrogen-bond acceptors (Lipinski definition) is 4. The number of amides is 1. The third kappa shape index (κ3) is 3.29. The van der Waals surface area contributed by atoms with E-state index in [1.54, 1.807) is 6.20 Å². The molecule has 0 unspecified atom stereocenters. The van der Waals surface area contributed by atoms with Crippen molar-refractivity contribution in [2.45, 2.75) is 58.5 Å². The molecule has 3 rings (SSSR count). The first-order valence-corrected chi connectivity index (χ1v) is 8.76. The zero-order chi connectivity index (χ0) is 17.3. The van der Waals surface area contributed by atoms with E-state index in [1.807, 2.05) is 17.7 Å². The third-order valence-electron chi connectivity index (χ3n) is 4.87. The van der Waals surface area contributed by atoms with Crippen molar-refractivity contribution in [3.63, 3.8) is 0 Å². The number of aromatic nitrogens is 3. The van der Waals surface area contributed by atoms with Gasteiger partial charge in [0, 0.05) is 24.4 Å². The molecule has 1 amide bonds. The number of aliphatic hydroxyl groups excluding tert-OH is 1. The highest BCUT2D eigenvalue weighted by Gasteiger charge is 2.24. The summed E-state index contributed by atoms with van der Waals surface area (Å²) in [4.78, 5) is 17.3. The van der Waals surface area contributed by atoms with E-state index >= 15 is 0 Å². The van der Waals surface area contributed by atoms with Crippen LogP contribution in [-0.2, 0) is 0 Å². The molecule has 0 aliphatic heterocycles. The minimum absolute atomic E-state index is 0.0544. The lowest BCUT2D eigenvalue weighted by atomic mass is 9.86. The van der Waals surface area contributed by atoms with Crippen molar-refractivity contribution in [3.05, 3.63) is 23.5 Å². The van der Waals surface area contributed by atoms with Gasteiger partial charge in [0.2, 0.25) is 0 Å². The summed E-state index contributed by atoms with van der Waals surface area (Å²) in [5.74, 6) is 0.332. The Labute approximate surface area is 142 Å². The minimum Gasteiger partial charge on any atom is -0.396 e. The summed E-state index contributed by atoms with van der Waals surface area (Å²) in [5, 5.41) is 17.6. The van der Waals surface area contributed by atoms with E-state index in [2.05, 4.69) is 29.2 Å². The lowest BCUT2D eigenvalue weighted by Gasteiger charge is -2.28. The van der Waals surface area contributed by atoms with Gasteiger partial charge in [-0.05, 0) is 58.4 Å². The van der Waals surface area contributed by atoms with Gasteiger partial charge in [-0.2, -0.15) is 5.10 Å². The Balaban J connectivity index is 1.82. The van der Waals surface area contributed by atoms with Crippen molar-refractivity contribution >= 4 is 16.9 Å². The second-order valence-electron chi connectivity index (χ2n) is 7.11. The molecule has 2 aromatic heterocycles. The molecule has 1 fully saturated rings. The summed E-state index contributed by atoms with van der Waals surface area (Å²) >= 11 is 0. The monoisotopic (exact) mass is 330 g/mol. The zero-order valence-electron chi connectivity index (χ0n) is 14.6. The van der Waals surface area contributed by atoms with Gasteiger partial charge in [-0.15, -0.1) is 0 Å². The third-order valence-corrected chi connectivity index (χ3v) is 4.87. The van der Waals surface area contributed by atoms with Crippen molar-refractivity contribution in [1.29, 1.82) is 0 Å². The molecule has 130 valence electrons. The highest BCUT2D eigenvalue weighted by molar-refractivity contribution is 6.05. The number of nitrogens with zero attached hydrogens (tertiary/aromatic N) is 3. The van der Waals surface area contributed by atoms with Crippen molar-refractivity contribution in [1.82, 2.24) is 20.1 Å². The lowest BCUT2D eigenvalue weighted by molar-refractivity contribution is 0.0915. The van der Waals surface area contributed by atoms with Crippen LogP contribution in [0, 0.1) is 12.8 Å². The number of aliphatic hydroxyl groups is 1. The molecule has 2 heterocycles. The molecule has 0 saturated heterocycles. The van der Waals surface area contributed by atoms with E-state index in [0.717, 1.165) is 42.4 Å². The van der Waals surface area contributed by atoms with E-state index in [0.29, 0.717) is 11.5 Å². The van der Waals surface area contributed by atoms with Gasteiger partial charge in [-0.3, -0.25) is 4.79 Å². The normalized spacial score (nSPS) is 21.4. The number of fused-ring (bicyclic) bond motifs is 1. The molecule has 1 saturated carbocycles. The van der Waals surface area contributed by atoms with E-state index in [-0.39, 0.29) is 24.6 Å². The zero-order valence-corrected chi connectivity index (χ0v) is 14.6. The minimum atomic E-state index is -0.0544. The summed E-state index contributed by atoms with van der Waals surface area (Å²) in [6, 6.07) is 2.22. The fourth-order valence-electron chi connectivity index (χ4n) is 3.46. The topological polar surface area (TPSA) is 80.0 Å². The number of pyridine rings is 1. The highest BCUT2D eigenvalue weighted by Crippen LogP contribution is 2.25. The number of hydrogen-bond donors (Lipinski definition) is 2. The smallest absolute Gasteiger partial charge is 0.252 e. The first kappa shape index (κ1) is 16.9. The predicted octanol–water partition coefficient (Wildman–Crippen LogP) is 2.60. The van der Waals surface area contributed by atoms with Crippen LogP contribution in [0.1, 0.15) is 61.6 Å². The van der Waals surface area contributed by atoms with Crippen LogP contribution in [0.4, 0.5) is 0 Å². The van der Waals surface area contributed by atoms with Crippen LogP contribution in [0.2, 0.25) is 0 Å². The number of aryl methyl sites for hydroxylation is 1. The van der Waals surface area contributed by atoms with Crippen LogP contribution in [0.3, 0.4) is 0 Å². The molecule has 1 aliphatic carbocycles. The fraction of sp³-hybridized carbons (Fsp3) is 0.611. The van der Waals surface area contributed by atoms with Gasteiger partial charge in [0.1, 0.15) is 0 Å². The Hall–Kier alpha value is -1.95. The van der Waals surface area contributed by atoms with E-state index in [9.17, 15) is 9.90 Å². The maximum Gasteiger partial charge on any atom is 0.252 e. The molecule has 0 bridgehead atoms. The highest BCUT2D eigenvalue weighted by atomic mass is 16.3. The molecule has 0 radical (unpaired) electrons. The molecule has 0 aromatic carbocycles. The van der Waals surface area contributed by atoms with Crippen LogP contribution in [0.25, 0.3) is 11.0 Å². The molecule has 0 atom stereocenters. The van der Waals surface area contributed by atoms with Crippen LogP contribution in [0.15, 0.2) is 12.3 Å². The SMILES string of the molecule is Cc1cc(C(=O)NC2CCC(CO)CC2)c2cnn(C(C)C)c2n1. The average molecular weight is 330 g/mol. The summed E-state index contributed by atoms with van der Waals surface area (Å²) < 4.78 is 1.85. The first-order valence-electron chi connectivity index (χ1n) is 8.76. The van der Waals surface area contributed by atoms with Gasteiger partial charge in [0.25, 0.3) is 5.91 Å². The molecule has 0 spiro atoms. The van der Waals surface area contributed by atoms with E-state index in [1.165, 1.54) is 0 Å². The van der Waals surface area contributed by atoms with Crippen LogP contribution in [0.5, 0.6) is 0 Å². The van der Waals surface area contributed by atoms with Gasteiger partial charge in [-0.25, -0.2) is 9.67 Å². The maximum atomic E-state index is 12.8. The Morgan fingerprint density at radius 1 is 1.38 bits per heavy atom. The van der Waals surface area contributed by atoms with Gasteiger partial charge in [0.15, 0.2) is 5.65 Å². The Morgan fingerprint density at radius 3 is 2.71 bits per heavy atom. The molecule has 6 heteroatoms. The molecule has 1 aliphatic rings. The Morgan fingerprint density at radius 2 is 2.08 bits per heavy atom. The first-order chi connectivity index (χ1) is 11.5. The lowest BCUT2D eigenvalue weighted by Crippen LogP contribution is -2.38. The molecule has 2 N–H and O–H groups in total. The summed E-state index contributed by atoms with van der Waals surface area (Å²) in [7, 11) is 0. The largest absolute Gasteiger partial charge is 0.396 e. The molecular weight excluding hydrogens is 304 g/mol. The molecular formula is C18H26N4O2. The van der Waals surface area contributed by atoms with E-state index in [4.69, 9.17) is 0 Å². The number of rotatable bonds is 4. The van der Waals surface area contributed by atoms with Crippen molar-refractivity contribution in [2.75, 3.05) is 6.61 Å². The van der Waals surface area contributed by atoms with Crippen molar-refractivity contribution < 1.29 is 9.90 Å². The Bertz CT molecular complexity index is 730. The van der Waals surface area contributed by atoms with Crippen molar-refractivity contribution in [3.8, 4) is 0 Å². The number of nitrogens with one attached hydrogen (secondary N) is 1. The predicted molar refractivity (Wildman–Crippen MR) is 92.9 cm³/mol. The van der Waals surface area contributed by atoms with Crippen LogP contribution in [-0.4, -0.2) is 38.4 Å². The summed E-state index contributed by atoms with van der Waals surface area (Å²) in [6.45, 7) is 6.26.